The lowest BCUT2D eigenvalue weighted by molar-refractivity contribution is 0.550. The van der Waals surface area contributed by atoms with Gasteiger partial charge in [-0.15, -0.1) is 0 Å². The second-order valence-electron chi connectivity index (χ2n) is 10.7. The summed E-state index contributed by atoms with van der Waals surface area (Å²) in [7, 11) is 0. The Bertz CT molecular complexity index is 2200. The zero-order valence-corrected chi connectivity index (χ0v) is 23.3. The van der Waals surface area contributed by atoms with Crippen molar-refractivity contribution >= 4 is 50.6 Å². The van der Waals surface area contributed by atoms with Crippen LogP contribution in [-0.2, 0) is 0 Å². The molecule has 0 aliphatic carbocycles. The molecular formula is C39H27N3O. The van der Waals surface area contributed by atoms with E-state index < -0.39 is 0 Å². The van der Waals surface area contributed by atoms with Crippen molar-refractivity contribution in [1.29, 1.82) is 5.41 Å². The molecule has 0 saturated heterocycles. The second-order valence-corrected chi connectivity index (χ2v) is 10.7. The van der Waals surface area contributed by atoms with E-state index in [1.807, 2.05) is 60.7 Å². The van der Waals surface area contributed by atoms with Crippen LogP contribution in [-0.4, -0.2) is 10.3 Å². The summed E-state index contributed by atoms with van der Waals surface area (Å²) < 4.78 is 8.13. The summed E-state index contributed by atoms with van der Waals surface area (Å²) >= 11 is 0. The van der Waals surface area contributed by atoms with Crippen molar-refractivity contribution in [3.63, 3.8) is 0 Å². The highest BCUT2D eigenvalue weighted by molar-refractivity contribution is 6.36. The quantitative estimate of drug-likeness (QED) is 0.209. The highest BCUT2D eigenvalue weighted by Crippen LogP contribution is 2.39. The highest BCUT2D eigenvalue weighted by Gasteiger charge is 2.25. The molecular weight excluding hydrogens is 526 g/mol. The average Bonchev–Trinajstić information content (AvgIpc) is 3.72. The first-order valence-electron chi connectivity index (χ1n) is 14.4. The van der Waals surface area contributed by atoms with Crippen LogP contribution in [0.2, 0.25) is 0 Å². The number of furan rings is 1. The van der Waals surface area contributed by atoms with Crippen LogP contribution in [0, 0.1) is 5.41 Å². The van der Waals surface area contributed by atoms with Crippen molar-refractivity contribution < 1.29 is 4.42 Å². The van der Waals surface area contributed by atoms with Crippen molar-refractivity contribution in [2.45, 2.75) is 0 Å². The van der Waals surface area contributed by atoms with Crippen LogP contribution in [0.15, 0.2) is 150 Å². The molecule has 5 aromatic carbocycles. The highest BCUT2D eigenvalue weighted by atomic mass is 16.3. The van der Waals surface area contributed by atoms with Crippen LogP contribution >= 0.6 is 0 Å². The van der Waals surface area contributed by atoms with E-state index in [4.69, 9.17) is 4.42 Å². The van der Waals surface area contributed by atoms with Gasteiger partial charge < -0.3 is 14.3 Å². The van der Waals surface area contributed by atoms with Gasteiger partial charge >= 0.3 is 0 Å². The van der Waals surface area contributed by atoms with E-state index in [0.29, 0.717) is 5.71 Å². The molecule has 0 saturated carbocycles. The number of allylic oxidation sites excluding steroid dienone is 1. The minimum Gasteiger partial charge on any atom is -0.463 e. The standard InChI is InChI=1S/C39H27N3O/c40-38(26-12-3-1-4-13-26)37(39-30-17-8-7-14-27(30)24-33(41-39)36-20-11-23-43-36)28-21-22-32-31-18-9-10-19-34(31)42(35(32)25-28)29-15-5-2-6-16-29/h1-25,40-41H/b39-37-,40-38?. The van der Waals surface area contributed by atoms with E-state index >= 15 is 0 Å². The van der Waals surface area contributed by atoms with Crippen LogP contribution in [0.25, 0.3) is 50.5 Å². The normalized spacial score (nSPS) is 13.8. The van der Waals surface area contributed by atoms with Crippen LogP contribution < -0.4 is 5.32 Å². The molecule has 0 spiro atoms. The molecule has 7 aromatic rings. The lowest BCUT2D eigenvalue weighted by Crippen LogP contribution is -2.20. The lowest BCUT2D eigenvalue weighted by atomic mass is 9.88. The van der Waals surface area contributed by atoms with Crippen molar-refractivity contribution in [2.75, 3.05) is 0 Å². The third kappa shape index (κ3) is 4.20. The summed E-state index contributed by atoms with van der Waals surface area (Å²) in [5, 5.41) is 15.7. The third-order valence-corrected chi connectivity index (χ3v) is 8.12. The van der Waals surface area contributed by atoms with Crippen molar-refractivity contribution in [3.05, 3.63) is 174 Å². The predicted octanol–water partition coefficient (Wildman–Crippen LogP) is 9.41. The topological polar surface area (TPSA) is 54.0 Å². The lowest BCUT2D eigenvalue weighted by Gasteiger charge is -2.25. The Kier molecular flexibility index (Phi) is 5.90. The van der Waals surface area contributed by atoms with Crippen molar-refractivity contribution in [3.8, 4) is 5.69 Å². The molecule has 0 unspecified atom stereocenters. The smallest absolute Gasteiger partial charge is 0.150 e. The number of nitrogens with zero attached hydrogens (tertiary/aromatic N) is 1. The fraction of sp³-hybridized carbons (Fsp3) is 0. The van der Waals surface area contributed by atoms with Gasteiger partial charge in [0.25, 0.3) is 0 Å². The monoisotopic (exact) mass is 553 g/mol. The second kappa shape index (κ2) is 10.2. The van der Waals surface area contributed by atoms with Gasteiger partial charge in [0.15, 0.2) is 0 Å². The van der Waals surface area contributed by atoms with E-state index in [9.17, 15) is 5.41 Å². The van der Waals surface area contributed by atoms with E-state index in [-0.39, 0.29) is 0 Å². The minimum atomic E-state index is 0.445. The van der Waals surface area contributed by atoms with Crippen LogP contribution in [0.5, 0.6) is 0 Å². The van der Waals surface area contributed by atoms with Gasteiger partial charge in [0.05, 0.1) is 34.4 Å². The summed E-state index contributed by atoms with van der Waals surface area (Å²) in [6, 6.07) is 47.7. The molecule has 1 aliphatic heterocycles. The largest absolute Gasteiger partial charge is 0.463 e. The number of fused-ring (bicyclic) bond motifs is 4. The summed E-state index contributed by atoms with van der Waals surface area (Å²) in [5.41, 5.74) is 10.3. The molecule has 3 heterocycles. The number of rotatable bonds is 5. The molecule has 0 fully saturated rings. The summed E-state index contributed by atoms with van der Waals surface area (Å²) in [4.78, 5) is 0. The first-order chi connectivity index (χ1) is 21.3. The number of benzene rings is 5. The fourth-order valence-electron chi connectivity index (χ4n) is 6.15. The average molecular weight is 554 g/mol. The Morgan fingerprint density at radius 3 is 2.16 bits per heavy atom. The van der Waals surface area contributed by atoms with E-state index in [1.54, 1.807) is 6.26 Å². The Labute approximate surface area is 249 Å². The number of aromatic nitrogens is 1. The molecule has 204 valence electrons. The molecule has 0 radical (unpaired) electrons. The van der Waals surface area contributed by atoms with Gasteiger partial charge in [0, 0.05) is 33.2 Å². The fourth-order valence-corrected chi connectivity index (χ4v) is 6.15. The van der Waals surface area contributed by atoms with Gasteiger partial charge in [-0.1, -0.05) is 103 Å². The molecule has 2 N–H and O–H groups in total. The molecule has 8 rings (SSSR count). The summed E-state index contributed by atoms with van der Waals surface area (Å²) in [5.74, 6) is 0.747. The van der Waals surface area contributed by atoms with Crippen LogP contribution in [0.4, 0.5) is 0 Å². The Morgan fingerprint density at radius 2 is 1.35 bits per heavy atom. The van der Waals surface area contributed by atoms with Crippen LogP contribution in [0.1, 0.15) is 28.0 Å². The van der Waals surface area contributed by atoms with Gasteiger partial charge in [-0.2, -0.15) is 0 Å². The zero-order valence-electron chi connectivity index (χ0n) is 23.3. The molecule has 0 amide bonds. The molecule has 4 nitrogen and oxygen atoms in total. The van der Waals surface area contributed by atoms with Crippen LogP contribution in [0.3, 0.4) is 0 Å². The maximum Gasteiger partial charge on any atom is 0.150 e. The Hall–Kier alpha value is -5.87. The molecule has 0 bridgehead atoms. The molecule has 0 atom stereocenters. The van der Waals surface area contributed by atoms with Gasteiger partial charge in [0.1, 0.15) is 5.76 Å². The van der Waals surface area contributed by atoms with E-state index in [1.165, 1.54) is 10.8 Å². The molecule has 43 heavy (non-hydrogen) atoms. The van der Waals surface area contributed by atoms with E-state index in [2.05, 4.69) is 94.8 Å². The molecule has 4 heteroatoms. The first-order valence-corrected chi connectivity index (χ1v) is 14.4. The predicted molar refractivity (Wildman–Crippen MR) is 177 cm³/mol. The van der Waals surface area contributed by atoms with Crippen molar-refractivity contribution in [1.82, 2.24) is 9.88 Å². The minimum absolute atomic E-state index is 0.445. The van der Waals surface area contributed by atoms with Gasteiger partial charge in [0.2, 0.25) is 0 Å². The Morgan fingerprint density at radius 1 is 0.628 bits per heavy atom. The first kappa shape index (κ1) is 24.9. The maximum absolute atomic E-state index is 9.63. The summed E-state index contributed by atoms with van der Waals surface area (Å²) in [6.45, 7) is 0. The molecule has 1 aliphatic rings. The van der Waals surface area contributed by atoms with Gasteiger partial charge in [-0.3, -0.25) is 5.41 Å². The third-order valence-electron chi connectivity index (χ3n) is 8.12. The van der Waals surface area contributed by atoms with Gasteiger partial charge in [-0.05, 0) is 53.6 Å². The number of para-hydroxylation sites is 2. The Balaban J connectivity index is 1.43. The summed E-state index contributed by atoms with van der Waals surface area (Å²) in [6.07, 6.45) is 3.79. The number of hydrogen-bond donors (Lipinski definition) is 2. The van der Waals surface area contributed by atoms with Gasteiger partial charge in [-0.25, -0.2) is 0 Å². The SMILES string of the molecule is N=C(/C(=C1\NC(c2ccco2)=Cc2ccccc21)c1ccc2c3ccccc3n(-c3ccccc3)c2c1)c1ccccc1. The molecule has 2 aromatic heterocycles. The number of nitrogens with one attached hydrogen (secondary N) is 2. The van der Waals surface area contributed by atoms with Crippen molar-refractivity contribution in [2.24, 2.45) is 0 Å². The number of hydrogen-bond acceptors (Lipinski definition) is 3. The van der Waals surface area contributed by atoms with E-state index in [0.717, 1.165) is 61.7 Å². The zero-order chi connectivity index (χ0) is 28.8. The maximum atomic E-state index is 9.63.